The van der Waals surface area contributed by atoms with Crippen molar-refractivity contribution in [2.45, 2.75) is 31.8 Å². The van der Waals surface area contributed by atoms with E-state index in [1.807, 2.05) is 12.1 Å². The number of nitrogens with zero attached hydrogens (tertiary/aromatic N) is 2. The van der Waals surface area contributed by atoms with Crippen LogP contribution < -0.4 is 5.32 Å². The van der Waals surface area contributed by atoms with E-state index in [0.717, 1.165) is 25.1 Å². The number of carbonyl (C=O) groups excluding carboxylic acids is 1. The number of rotatable bonds is 2. The van der Waals surface area contributed by atoms with Crippen molar-refractivity contribution in [1.29, 1.82) is 0 Å². The molecule has 1 N–H and O–H groups in total. The van der Waals surface area contributed by atoms with Crippen LogP contribution in [-0.2, 0) is 11.2 Å². The molecule has 3 atom stereocenters. The highest BCUT2D eigenvalue weighted by Crippen LogP contribution is 2.32. The highest BCUT2D eigenvalue weighted by molar-refractivity contribution is 5.79. The van der Waals surface area contributed by atoms with Crippen LogP contribution in [0.25, 0.3) is 0 Å². The van der Waals surface area contributed by atoms with Crippen LogP contribution in [0.3, 0.4) is 0 Å². The summed E-state index contributed by atoms with van der Waals surface area (Å²) in [5.74, 6) is 0.909. The van der Waals surface area contributed by atoms with Crippen molar-refractivity contribution in [1.82, 2.24) is 15.2 Å². The summed E-state index contributed by atoms with van der Waals surface area (Å²) in [6.45, 7) is 4.19. The molecule has 3 unspecified atom stereocenters. The SMILES string of the molecule is CC1CC2CNCC2N1C(=O)Cc1ccncc1. The van der Waals surface area contributed by atoms with Gasteiger partial charge in [0.25, 0.3) is 0 Å². The zero-order valence-corrected chi connectivity index (χ0v) is 10.7. The molecular formula is C14H19N3O. The standard InChI is InChI=1S/C14H19N3O/c1-10-6-12-8-16-9-13(12)17(10)14(18)7-11-2-4-15-5-3-11/h2-5,10,12-13,16H,6-9H2,1H3. The molecule has 2 saturated heterocycles. The topological polar surface area (TPSA) is 45.2 Å². The molecule has 2 fully saturated rings. The van der Waals surface area contributed by atoms with Crippen LogP contribution in [0.2, 0.25) is 0 Å². The lowest BCUT2D eigenvalue weighted by Crippen LogP contribution is -2.43. The van der Waals surface area contributed by atoms with E-state index >= 15 is 0 Å². The first-order valence-corrected chi connectivity index (χ1v) is 6.66. The van der Waals surface area contributed by atoms with Crippen molar-refractivity contribution < 1.29 is 4.79 Å². The smallest absolute Gasteiger partial charge is 0.227 e. The van der Waals surface area contributed by atoms with Crippen LogP contribution in [0, 0.1) is 5.92 Å². The normalized spacial score (nSPS) is 30.5. The van der Waals surface area contributed by atoms with E-state index in [0.29, 0.717) is 24.4 Å². The Morgan fingerprint density at radius 2 is 2.22 bits per heavy atom. The lowest BCUT2D eigenvalue weighted by Gasteiger charge is -2.27. The maximum Gasteiger partial charge on any atom is 0.227 e. The molecule has 96 valence electrons. The van der Waals surface area contributed by atoms with Gasteiger partial charge < -0.3 is 10.2 Å². The average molecular weight is 245 g/mol. The number of nitrogens with one attached hydrogen (secondary N) is 1. The molecule has 4 heteroatoms. The predicted octanol–water partition coefficient (Wildman–Crippen LogP) is 0.833. The Hall–Kier alpha value is -1.42. The fourth-order valence-corrected chi connectivity index (χ4v) is 3.36. The van der Waals surface area contributed by atoms with Gasteiger partial charge in [0.2, 0.25) is 5.91 Å². The molecule has 0 bridgehead atoms. The largest absolute Gasteiger partial charge is 0.335 e. The second-order valence-electron chi connectivity index (χ2n) is 5.40. The van der Waals surface area contributed by atoms with Gasteiger partial charge in [-0.3, -0.25) is 9.78 Å². The van der Waals surface area contributed by atoms with Gasteiger partial charge in [-0.05, 0) is 37.0 Å². The minimum absolute atomic E-state index is 0.255. The molecule has 0 spiro atoms. The van der Waals surface area contributed by atoms with Crippen LogP contribution in [-0.4, -0.2) is 41.0 Å². The maximum absolute atomic E-state index is 12.4. The van der Waals surface area contributed by atoms with E-state index in [-0.39, 0.29) is 5.91 Å². The third-order valence-corrected chi connectivity index (χ3v) is 4.17. The Morgan fingerprint density at radius 3 is 3.00 bits per heavy atom. The quantitative estimate of drug-likeness (QED) is 0.839. The van der Waals surface area contributed by atoms with Crippen molar-refractivity contribution >= 4 is 5.91 Å². The Balaban J connectivity index is 1.72. The number of hydrogen-bond acceptors (Lipinski definition) is 3. The molecular weight excluding hydrogens is 226 g/mol. The van der Waals surface area contributed by atoms with E-state index in [9.17, 15) is 4.79 Å². The minimum Gasteiger partial charge on any atom is -0.335 e. The molecule has 2 aliphatic heterocycles. The van der Waals surface area contributed by atoms with Crippen LogP contribution in [0.1, 0.15) is 18.9 Å². The molecule has 1 aromatic heterocycles. The molecule has 4 nitrogen and oxygen atoms in total. The summed E-state index contributed by atoms with van der Waals surface area (Å²) in [5.41, 5.74) is 1.05. The fourth-order valence-electron chi connectivity index (χ4n) is 3.36. The fraction of sp³-hybridized carbons (Fsp3) is 0.571. The number of hydrogen-bond donors (Lipinski definition) is 1. The van der Waals surface area contributed by atoms with Crippen LogP contribution in [0.15, 0.2) is 24.5 Å². The first-order valence-electron chi connectivity index (χ1n) is 6.66. The molecule has 2 aliphatic rings. The Labute approximate surface area is 107 Å². The molecule has 0 aliphatic carbocycles. The average Bonchev–Trinajstić information content (AvgIpc) is 2.89. The Kier molecular flexibility index (Phi) is 3.04. The van der Waals surface area contributed by atoms with E-state index in [1.165, 1.54) is 0 Å². The number of carbonyl (C=O) groups is 1. The first-order chi connectivity index (χ1) is 8.75. The van der Waals surface area contributed by atoms with E-state index < -0.39 is 0 Å². The molecule has 18 heavy (non-hydrogen) atoms. The number of fused-ring (bicyclic) bond motifs is 1. The molecule has 0 radical (unpaired) electrons. The first kappa shape index (κ1) is 11.7. The monoisotopic (exact) mass is 245 g/mol. The molecule has 1 aromatic rings. The predicted molar refractivity (Wildman–Crippen MR) is 69.0 cm³/mol. The van der Waals surface area contributed by atoms with Gasteiger partial charge in [-0.2, -0.15) is 0 Å². The highest BCUT2D eigenvalue weighted by atomic mass is 16.2. The molecule has 3 heterocycles. The molecule has 0 aromatic carbocycles. The van der Waals surface area contributed by atoms with E-state index in [4.69, 9.17) is 0 Å². The second-order valence-corrected chi connectivity index (χ2v) is 5.40. The number of pyridine rings is 1. The van der Waals surface area contributed by atoms with Crippen molar-refractivity contribution in [3.05, 3.63) is 30.1 Å². The van der Waals surface area contributed by atoms with Crippen LogP contribution in [0.4, 0.5) is 0 Å². The van der Waals surface area contributed by atoms with E-state index in [1.54, 1.807) is 12.4 Å². The molecule has 0 saturated carbocycles. The van der Waals surface area contributed by atoms with Gasteiger partial charge in [0.1, 0.15) is 0 Å². The van der Waals surface area contributed by atoms with Gasteiger partial charge in [-0.25, -0.2) is 0 Å². The molecule has 1 amide bonds. The summed E-state index contributed by atoms with van der Waals surface area (Å²) >= 11 is 0. The zero-order valence-electron chi connectivity index (χ0n) is 10.7. The molecule has 3 rings (SSSR count). The van der Waals surface area contributed by atoms with Crippen LogP contribution >= 0.6 is 0 Å². The van der Waals surface area contributed by atoms with Crippen molar-refractivity contribution in [2.24, 2.45) is 5.92 Å². The Bertz CT molecular complexity index is 434. The van der Waals surface area contributed by atoms with Gasteiger partial charge in [0.15, 0.2) is 0 Å². The highest BCUT2D eigenvalue weighted by Gasteiger charge is 2.43. The lowest BCUT2D eigenvalue weighted by molar-refractivity contribution is -0.133. The number of likely N-dealkylation sites (tertiary alicyclic amines) is 1. The van der Waals surface area contributed by atoms with Crippen molar-refractivity contribution in [2.75, 3.05) is 13.1 Å². The van der Waals surface area contributed by atoms with Crippen molar-refractivity contribution in [3.63, 3.8) is 0 Å². The Morgan fingerprint density at radius 1 is 1.44 bits per heavy atom. The second kappa shape index (κ2) is 4.69. The van der Waals surface area contributed by atoms with Gasteiger partial charge in [0.05, 0.1) is 6.42 Å². The summed E-state index contributed by atoms with van der Waals surface area (Å²) in [6, 6.07) is 4.64. The summed E-state index contributed by atoms with van der Waals surface area (Å²) in [5, 5.41) is 3.39. The summed E-state index contributed by atoms with van der Waals surface area (Å²) in [4.78, 5) is 18.5. The van der Waals surface area contributed by atoms with Crippen LogP contribution in [0.5, 0.6) is 0 Å². The summed E-state index contributed by atoms with van der Waals surface area (Å²) < 4.78 is 0. The maximum atomic E-state index is 12.4. The van der Waals surface area contributed by atoms with Gasteiger partial charge in [-0.1, -0.05) is 0 Å². The van der Waals surface area contributed by atoms with E-state index in [2.05, 4.69) is 22.1 Å². The third-order valence-electron chi connectivity index (χ3n) is 4.17. The number of aromatic nitrogens is 1. The summed E-state index contributed by atoms with van der Waals surface area (Å²) in [7, 11) is 0. The van der Waals surface area contributed by atoms with Crippen molar-refractivity contribution in [3.8, 4) is 0 Å². The lowest BCUT2D eigenvalue weighted by atomic mass is 10.0. The van der Waals surface area contributed by atoms with Gasteiger partial charge in [-0.15, -0.1) is 0 Å². The summed E-state index contributed by atoms with van der Waals surface area (Å²) in [6.07, 6.45) is 5.13. The zero-order chi connectivity index (χ0) is 12.5. The van der Waals surface area contributed by atoms with Gasteiger partial charge in [0, 0.05) is 37.6 Å². The third kappa shape index (κ3) is 2.01. The minimum atomic E-state index is 0.255. The number of amides is 1. The van der Waals surface area contributed by atoms with Gasteiger partial charge >= 0.3 is 0 Å².